The Kier molecular flexibility index (Phi) is 11.7. The zero-order valence-electron chi connectivity index (χ0n) is 15.6. The molecule has 1 aromatic carbocycles. The normalized spacial score (nSPS) is 10.3. The third kappa shape index (κ3) is 9.86. The van der Waals surface area contributed by atoms with Gasteiger partial charge in [-0.3, -0.25) is 9.59 Å². The Labute approximate surface area is 159 Å². The van der Waals surface area contributed by atoms with Crippen LogP contribution in [0.4, 0.5) is 0 Å². The second-order valence-electron chi connectivity index (χ2n) is 5.65. The number of benzene rings is 1. The first-order chi connectivity index (χ1) is 13.1. The van der Waals surface area contributed by atoms with Crippen LogP contribution in [0.1, 0.15) is 11.1 Å². The highest BCUT2D eigenvalue weighted by Crippen LogP contribution is 2.09. The minimum Gasteiger partial charge on any atom is -0.394 e. The lowest BCUT2D eigenvalue weighted by molar-refractivity contribution is -0.123. The molecule has 0 aliphatic heterocycles. The number of rotatable bonds is 13. The molecule has 0 unspecified atom stereocenters. The predicted molar refractivity (Wildman–Crippen MR) is 101 cm³/mol. The van der Waals surface area contributed by atoms with Crippen molar-refractivity contribution in [3.8, 4) is 0 Å². The molecule has 1 aromatic rings. The molecule has 0 radical (unpaired) electrons. The monoisotopic (exact) mass is 380 g/mol. The number of aliphatic hydroxyl groups is 2. The summed E-state index contributed by atoms with van der Waals surface area (Å²) >= 11 is 0. The Morgan fingerprint density at radius 2 is 1.37 bits per heavy atom. The van der Waals surface area contributed by atoms with Crippen molar-refractivity contribution in [2.24, 2.45) is 0 Å². The summed E-state index contributed by atoms with van der Waals surface area (Å²) in [5, 5.41) is 22.6. The van der Waals surface area contributed by atoms with Gasteiger partial charge < -0.3 is 30.3 Å². The molecule has 0 saturated carbocycles. The lowest BCUT2D eigenvalue weighted by atomic mass is 10.1. The molecule has 0 aliphatic carbocycles. The minimum atomic E-state index is -0.517. The standard InChI is InChI=1S/C19H28N2O6/c1-15-2-4-16(5-3-15)14-17(18(24)20-6-10-26-12-8-22)19(25)21-7-11-27-13-9-23/h2-5,14,22-23H,6-13H2,1H3,(H,20,24)(H,21,25). The molecule has 0 fully saturated rings. The summed E-state index contributed by atoms with van der Waals surface area (Å²) in [5.74, 6) is -1.03. The lowest BCUT2D eigenvalue weighted by Crippen LogP contribution is -2.37. The highest BCUT2D eigenvalue weighted by molar-refractivity contribution is 6.21. The van der Waals surface area contributed by atoms with Crippen molar-refractivity contribution in [2.75, 3.05) is 52.7 Å². The van der Waals surface area contributed by atoms with E-state index in [-0.39, 0.29) is 58.3 Å². The summed E-state index contributed by atoms with van der Waals surface area (Å²) in [6.45, 7) is 3.06. The van der Waals surface area contributed by atoms with Gasteiger partial charge in [0, 0.05) is 13.1 Å². The highest BCUT2D eigenvalue weighted by Gasteiger charge is 2.17. The molecular formula is C19H28N2O6. The molecule has 0 atom stereocenters. The fraction of sp³-hybridized carbons (Fsp3) is 0.474. The zero-order valence-corrected chi connectivity index (χ0v) is 15.6. The number of ether oxygens (including phenoxy) is 2. The van der Waals surface area contributed by atoms with Crippen molar-refractivity contribution in [1.82, 2.24) is 10.6 Å². The number of hydrogen-bond donors (Lipinski definition) is 4. The molecular weight excluding hydrogens is 352 g/mol. The molecule has 0 saturated heterocycles. The molecule has 0 spiro atoms. The number of hydrogen-bond acceptors (Lipinski definition) is 6. The van der Waals surface area contributed by atoms with Crippen molar-refractivity contribution < 1.29 is 29.3 Å². The molecule has 4 N–H and O–H groups in total. The molecule has 8 heteroatoms. The van der Waals surface area contributed by atoms with Crippen LogP contribution in [0, 0.1) is 6.92 Å². The van der Waals surface area contributed by atoms with Gasteiger partial charge >= 0.3 is 0 Å². The fourth-order valence-electron chi connectivity index (χ4n) is 2.06. The molecule has 0 bridgehead atoms. The summed E-state index contributed by atoms with van der Waals surface area (Å²) in [5.41, 5.74) is 1.78. The first-order valence-electron chi connectivity index (χ1n) is 8.80. The Morgan fingerprint density at radius 3 is 1.81 bits per heavy atom. The maximum Gasteiger partial charge on any atom is 0.256 e. The van der Waals surface area contributed by atoms with Crippen LogP contribution in [0.2, 0.25) is 0 Å². The summed E-state index contributed by atoms with van der Waals surface area (Å²) in [6, 6.07) is 7.44. The Morgan fingerprint density at radius 1 is 0.889 bits per heavy atom. The van der Waals surface area contributed by atoms with Crippen molar-refractivity contribution in [3.63, 3.8) is 0 Å². The molecule has 0 aliphatic rings. The number of carbonyl (C=O) groups excluding carboxylic acids is 2. The average molecular weight is 380 g/mol. The third-order valence-electron chi connectivity index (χ3n) is 3.41. The van der Waals surface area contributed by atoms with Crippen molar-refractivity contribution >= 4 is 17.9 Å². The van der Waals surface area contributed by atoms with E-state index in [1.165, 1.54) is 6.08 Å². The van der Waals surface area contributed by atoms with Gasteiger partial charge in [-0.05, 0) is 18.6 Å². The zero-order chi connectivity index (χ0) is 19.9. The van der Waals surface area contributed by atoms with Gasteiger partial charge in [-0.1, -0.05) is 29.8 Å². The largest absolute Gasteiger partial charge is 0.394 e. The number of carbonyl (C=O) groups is 2. The highest BCUT2D eigenvalue weighted by atomic mass is 16.5. The van der Waals surface area contributed by atoms with Crippen molar-refractivity contribution in [2.45, 2.75) is 6.92 Å². The van der Waals surface area contributed by atoms with Gasteiger partial charge in [-0.2, -0.15) is 0 Å². The number of amides is 2. The van der Waals surface area contributed by atoms with E-state index < -0.39 is 11.8 Å². The molecule has 2 amide bonds. The Hall–Kier alpha value is -2.26. The summed E-state index contributed by atoms with van der Waals surface area (Å²) < 4.78 is 10.2. The van der Waals surface area contributed by atoms with Crippen LogP contribution in [0.25, 0.3) is 6.08 Å². The summed E-state index contributed by atoms with van der Waals surface area (Å²) in [6.07, 6.45) is 1.52. The van der Waals surface area contributed by atoms with Crippen LogP contribution in [0.3, 0.4) is 0 Å². The molecule has 150 valence electrons. The van der Waals surface area contributed by atoms with Gasteiger partial charge in [0.15, 0.2) is 0 Å². The van der Waals surface area contributed by atoms with E-state index in [4.69, 9.17) is 19.7 Å². The van der Waals surface area contributed by atoms with Crippen LogP contribution < -0.4 is 10.6 Å². The van der Waals surface area contributed by atoms with Crippen molar-refractivity contribution in [1.29, 1.82) is 0 Å². The van der Waals surface area contributed by atoms with Crippen LogP contribution in [-0.2, 0) is 19.1 Å². The Bertz CT molecular complexity index is 573. The van der Waals surface area contributed by atoms with Crippen molar-refractivity contribution in [3.05, 3.63) is 41.0 Å². The van der Waals surface area contributed by atoms with Gasteiger partial charge in [0.05, 0.1) is 39.6 Å². The van der Waals surface area contributed by atoms with E-state index in [0.29, 0.717) is 0 Å². The van der Waals surface area contributed by atoms with Crippen LogP contribution in [0.15, 0.2) is 29.8 Å². The number of nitrogens with one attached hydrogen (secondary N) is 2. The fourth-order valence-corrected chi connectivity index (χ4v) is 2.06. The van der Waals surface area contributed by atoms with Crippen LogP contribution in [-0.4, -0.2) is 74.8 Å². The van der Waals surface area contributed by atoms with E-state index in [1.807, 2.05) is 31.2 Å². The van der Waals surface area contributed by atoms with Gasteiger partial charge in [0.2, 0.25) is 0 Å². The summed E-state index contributed by atoms with van der Waals surface area (Å²) in [4.78, 5) is 24.8. The average Bonchev–Trinajstić information content (AvgIpc) is 2.66. The SMILES string of the molecule is Cc1ccc(C=C(C(=O)NCCOCCO)C(=O)NCCOCCO)cc1. The quantitative estimate of drug-likeness (QED) is 0.161. The Balaban J connectivity index is 2.71. The van der Waals surface area contributed by atoms with E-state index in [0.717, 1.165) is 11.1 Å². The molecule has 8 nitrogen and oxygen atoms in total. The topological polar surface area (TPSA) is 117 Å². The molecule has 27 heavy (non-hydrogen) atoms. The minimum absolute atomic E-state index is 0.0248. The van der Waals surface area contributed by atoms with E-state index in [1.54, 1.807) is 0 Å². The second-order valence-corrected chi connectivity index (χ2v) is 5.65. The maximum absolute atomic E-state index is 12.4. The smallest absolute Gasteiger partial charge is 0.256 e. The maximum atomic E-state index is 12.4. The van der Waals surface area contributed by atoms with Crippen LogP contribution >= 0.6 is 0 Å². The van der Waals surface area contributed by atoms with E-state index >= 15 is 0 Å². The predicted octanol–water partition coefficient (Wildman–Crippen LogP) is -0.371. The first kappa shape index (κ1) is 22.8. The van der Waals surface area contributed by atoms with Crippen LogP contribution in [0.5, 0.6) is 0 Å². The molecule has 0 aromatic heterocycles. The van der Waals surface area contributed by atoms with E-state index in [2.05, 4.69) is 10.6 Å². The van der Waals surface area contributed by atoms with Gasteiger partial charge in [0.25, 0.3) is 11.8 Å². The summed E-state index contributed by atoms with van der Waals surface area (Å²) in [7, 11) is 0. The number of aryl methyl sites for hydroxylation is 1. The van der Waals surface area contributed by atoms with E-state index in [9.17, 15) is 9.59 Å². The van der Waals surface area contributed by atoms with Gasteiger partial charge in [0.1, 0.15) is 5.57 Å². The molecule has 0 heterocycles. The second kappa shape index (κ2) is 13.9. The molecule has 1 rings (SSSR count). The third-order valence-corrected chi connectivity index (χ3v) is 3.41. The number of aliphatic hydroxyl groups excluding tert-OH is 2. The lowest BCUT2D eigenvalue weighted by Gasteiger charge is -2.11. The first-order valence-corrected chi connectivity index (χ1v) is 8.80. The van der Waals surface area contributed by atoms with Gasteiger partial charge in [-0.25, -0.2) is 0 Å². The van der Waals surface area contributed by atoms with Gasteiger partial charge in [-0.15, -0.1) is 0 Å².